The molecule has 0 aliphatic rings. The molecule has 2 aromatic heterocycles. The van der Waals surface area contributed by atoms with Crippen molar-refractivity contribution < 1.29 is 0 Å². The lowest BCUT2D eigenvalue weighted by Gasteiger charge is -2.29. The Bertz CT molecular complexity index is 2840. The molecule has 0 aliphatic carbocycles. The summed E-state index contributed by atoms with van der Waals surface area (Å²) in [5.41, 5.74) is 9.38. The second-order valence-corrected chi connectivity index (χ2v) is 13.6. The molecule has 0 unspecified atom stereocenters. The molecule has 0 saturated carbocycles. The van der Waals surface area contributed by atoms with Crippen LogP contribution in [0.1, 0.15) is 0 Å². The summed E-state index contributed by atoms with van der Waals surface area (Å²) in [6.07, 6.45) is 0. The van der Waals surface area contributed by atoms with Gasteiger partial charge < -0.3 is 9.47 Å². The van der Waals surface area contributed by atoms with Gasteiger partial charge in [0.05, 0.1) is 22.4 Å². The molecule has 0 fully saturated rings. The molecule has 0 spiro atoms. The van der Waals surface area contributed by atoms with Crippen LogP contribution in [0.2, 0.25) is 0 Å². The van der Waals surface area contributed by atoms with Crippen molar-refractivity contribution in [2.75, 3.05) is 4.90 Å². The predicted molar refractivity (Wildman–Crippen MR) is 211 cm³/mol. The quantitative estimate of drug-likeness (QED) is 0.181. The number of aromatic nitrogens is 1. The molecular weight excluding hydrogens is 613 g/mol. The normalized spacial score (nSPS) is 11.7. The van der Waals surface area contributed by atoms with Gasteiger partial charge in [0.2, 0.25) is 0 Å². The Morgan fingerprint density at radius 3 is 2.00 bits per heavy atom. The molecule has 3 heteroatoms. The molecule has 0 bridgehead atoms. The van der Waals surface area contributed by atoms with Gasteiger partial charge in [0.15, 0.2) is 0 Å². The summed E-state index contributed by atoms with van der Waals surface area (Å²) in [5, 5.41) is 7.54. The molecular formula is C46H30N2S. The van der Waals surface area contributed by atoms with Crippen LogP contribution in [0.4, 0.5) is 17.1 Å². The van der Waals surface area contributed by atoms with Crippen molar-refractivity contribution >= 4 is 81.1 Å². The van der Waals surface area contributed by atoms with Gasteiger partial charge in [0.25, 0.3) is 0 Å². The highest BCUT2D eigenvalue weighted by Crippen LogP contribution is 2.46. The van der Waals surface area contributed by atoms with Crippen molar-refractivity contribution in [3.8, 4) is 16.8 Å². The molecule has 8 aromatic carbocycles. The Morgan fingerprint density at radius 2 is 1.08 bits per heavy atom. The molecule has 10 aromatic rings. The maximum Gasteiger partial charge on any atom is 0.0542 e. The highest BCUT2D eigenvalue weighted by molar-refractivity contribution is 7.25. The largest absolute Gasteiger partial charge is 0.309 e. The summed E-state index contributed by atoms with van der Waals surface area (Å²) in [6.45, 7) is 0. The molecule has 0 saturated heterocycles. The van der Waals surface area contributed by atoms with E-state index in [0.29, 0.717) is 0 Å². The van der Waals surface area contributed by atoms with E-state index in [1.165, 1.54) is 63.9 Å². The number of rotatable bonds is 5. The Kier molecular flexibility index (Phi) is 6.39. The van der Waals surface area contributed by atoms with Gasteiger partial charge in [-0.15, -0.1) is 11.3 Å². The highest BCUT2D eigenvalue weighted by atomic mass is 32.1. The molecule has 230 valence electrons. The van der Waals surface area contributed by atoms with E-state index in [2.05, 4.69) is 191 Å². The van der Waals surface area contributed by atoms with Gasteiger partial charge in [0, 0.05) is 53.3 Å². The van der Waals surface area contributed by atoms with Crippen LogP contribution in [0.3, 0.4) is 0 Å². The SMILES string of the molecule is c1ccc(-n2c3ccccc3c3cc(N(c4ccccc4-c4ccc5c(c4)sc4ccccc45)c4cccc5ccccc45)ccc32)cc1. The van der Waals surface area contributed by atoms with E-state index < -0.39 is 0 Å². The molecule has 0 atom stereocenters. The first kappa shape index (κ1) is 27.9. The number of benzene rings is 8. The number of nitrogens with zero attached hydrogens (tertiary/aromatic N) is 2. The fourth-order valence-corrected chi connectivity index (χ4v) is 8.72. The summed E-state index contributed by atoms with van der Waals surface area (Å²) in [7, 11) is 0. The molecule has 0 aliphatic heterocycles. The standard InChI is InChI=1S/C46H30N2S/c1-2-15-33(16-3-1)47-43-22-10-7-19-37(43)40-30-34(26-28-44(40)47)48(42-23-12-14-31-13-4-5-17-35(31)42)41-21-9-6-18-36(41)32-25-27-39-38-20-8-11-24-45(38)49-46(39)29-32/h1-30H. The minimum Gasteiger partial charge on any atom is -0.309 e. The maximum absolute atomic E-state index is 2.46. The number of para-hydroxylation sites is 3. The molecule has 0 amide bonds. The zero-order chi connectivity index (χ0) is 32.3. The first-order valence-corrected chi connectivity index (χ1v) is 17.5. The molecule has 0 N–H and O–H groups in total. The number of hydrogen-bond acceptors (Lipinski definition) is 2. The third-order valence-electron chi connectivity index (χ3n) is 9.77. The van der Waals surface area contributed by atoms with Gasteiger partial charge in [0.1, 0.15) is 0 Å². The van der Waals surface area contributed by atoms with Crippen LogP contribution in [0.15, 0.2) is 182 Å². The first-order chi connectivity index (χ1) is 24.3. The lowest BCUT2D eigenvalue weighted by atomic mass is 9.99. The first-order valence-electron chi connectivity index (χ1n) is 16.7. The predicted octanol–water partition coefficient (Wildman–Crippen LogP) is 13.4. The highest BCUT2D eigenvalue weighted by Gasteiger charge is 2.21. The second kappa shape index (κ2) is 11.2. The Hall–Kier alpha value is -6.16. The molecule has 10 rings (SSSR count). The van der Waals surface area contributed by atoms with Gasteiger partial charge in [-0.05, 0) is 71.6 Å². The zero-order valence-corrected chi connectivity index (χ0v) is 27.4. The molecule has 0 radical (unpaired) electrons. The average molecular weight is 643 g/mol. The zero-order valence-electron chi connectivity index (χ0n) is 26.6. The number of hydrogen-bond donors (Lipinski definition) is 0. The van der Waals surface area contributed by atoms with Gasteiger partial charge >= 0.3 is 0 Å². The Labute approximate surface area is 288 Å². The van der Waals surface area contributed by atoms with Crippen LogP contribution in [0.5, 0.6) is 0 Å². The third-order valence-corrected chi connectivity index (χ3v) is 10.9. The summed E-state index contributed by atoms with van der Waals surface area (Å²) >= 11 is 1.87. The van der Waals surface area contributed by atoms with Gasteiger partial charge in [-0.2, -0.15) is 0 Å². The van der Waals surface area contributed by atoms with Crippen molar-refractivity contribution in [3.63, 3.8) is 0 Å². The molecule has 2 heterocycles. The van der Waals surface area contributed by atoms with Crippen molar-refractivity contribution in [1.82, 2.24) is 4.57 Å². The Morgan fingerprint density at radius 1 is 0.408 bits per heavy atom. The van der Waals surface area contributed by atoms with E-state index >= 15 is 0 Å². The molecule has 49 heavy (non-hydrogen) atoms. The number of fused-ring (bicyclic) bond motifs is 7. The lowest BCUT2D eigenvalue weighted by Crippen LogP contribution is -2.11. The van der Waals surface area contributed by atoms with Crippen LogP contribution in [-0.4, -0.2) is 4.57 Å². The summed E-state index contributed by atoms with van der Waals surface area (Å²) < 4.78 is 5.01. The monoisotopic (exact) mass is 642 g/mol. The van der Waals surface area contributed by atoms with Crippen molar-refractivity contribution in [3.05, 3.63) is 182 Å². The summed E-state index contributed by atoms with van der Waals surface area (Å²) in [4.78, 5) is 2.46. The average Bonchev–Trinajstić information content (AvgIpc) is 3.71. The fourth-order valence-electron chi connectivity index (χ4n) is 7.57. The minimum atomic E-state index is 1.12. The fraction of sp³-hybridized carbons (Fsp3) is 0. The van der Waals surface area contributed by atoms with E-state index in [4.69, 9.17) is 0 Å². The van der Waals surface area contributed by atoms with Crippen LogP contribution >= 0.6 is 11.3 Å². The van der Waals surface area contributed by atoms with Crippen molar-refractivity contribution in [2.45, 2.75) is 0 Å². The topological polar surface area (TPSA) is 8.17 Å². The lowest BCUT2D eigenvalue weighted by molar-refractivity contribution is 1.18. The number of anilines is 3. The minimum absolute atomic E-state index is 1.12. The van der Waals surface area contributed by atoms with E-state index in [0.717, 1.165) is 22.7 Å². The summed E-state index contributed by atoms with van der Waals surface area (Å²) in [5.74, 6) is 0. The van der Waals surface area contributed by atoms with E-state index in [9.17, 15) is 0 Å². The van der Waals surface area contributed by atoms with E-state index in [1.807, 2.05) is 11.3 Å². The van der Waals surface area contributed by atoms with Crippen LogP contribution in [0.25, 0.3) is 69.6 Å². The van der Waals surface area contributed by atoms with Crippen molar-refractivity contribution in [1.29, 1.82) is 0 Å². The van der Waals surface area contributed by atoms with E-state index in [1.54, 1.807) is 0 Å². The van der Waals surface area contributed by atoms with Crippen LogP contribution in [-0.2, 0) is 0 Å². The second-order valence-electron chi connectivity index (χ2n) is 12.5. The van der Waals surface area contributed by atoms with Gasteiger partial charge in [-0.25, -0.2) is 0 Å². The van der Waals surface area contributed by atoms with Gasteiger partial charge in [-0.3, -0.25) is 0 Å². The maximum atomic E-state index is 2.46. The van der Waals surface area contributed by atoms with E-state index in [-0.39, 0.29) is 0 Å². The van der Waals surface area contributed by atoms with Gasteiger partial charge in [-0.1, -0.05) is 121 Å². The smallest absolute Gasteiger partial charge is 0.0542 e. The van der Waals surface area contributed by atoms with Crippen LogP contribution < -0.4 is 4.90 Å². The third kappa shape index (κ3) is 4.47. The summed E-state index contributed by atoms with van der Waals surface area (Å²) in [6, 6.07) is 66.3. The number of thiophene rings is 1. The molecule has 2 nitrogen and oxygen atoms in total. The van der Waals surface area contributed by atoms with Crippen LogP contribution in [0, 0.1) is 0 Å². The Balaban J connectivity index is 1.24. The van der Waals surface area contributed by atoms with Crippen molar-refractivity contribution in [2.24, 2.45) is 0 Å².